The molecule has 0 bridgehead atoms. The summed E-state index contributed by atoms with van der Waals surface area (Å²) < 4.78 is 16.8. The van der Waals surface area contributed by atoms with E-state index in [4.69, 9.17) is 14.2 Å². The lowest BCUT2D eigenvalue weighted by atomic mass is 9.78. The summed E-state index contributed by atoms with van der Waals surface area (Å²) in [5.41, 5.74) is 0.197. The van der Waals surface area contributed by atoms with Crippen LogP contribution in [0.2, 0.25) is 0 Å². The molecule has 21 heavy (non-hydrogen) atoms. The Balaban J connectivity index is 1.86. The van der Waals surface area contributed by atoms with Gasteiger partial charge in [0, 0.05) is 18.6 Å². The predicted molar refractivity (Wildman–Crippen MR) is 84.1 cm³/mol. The monoisotopic (exact) mass is 293 g/mol. The molecule has 1 heterocycles. The van der Waals surface area contributed by atoms with Crippen molar-refractivity contribution in [2.45, 2.75) is 32.8 Å². The highest BCUT2D eigenvalue weighted by Gasteiger charge is 2.40. The maximum absolute atomic E-state index is 5.88. The minimum atomic E-state index is 0.197. The van der Waals surface area contributed by atoms with Gasteiger partial charge in [-0.2, -0.15) is 0 Å². The topological polar surface area (TPSA) is 39.7 Å². The van der Waals surface area contributed by atoms with E-state index in [9.17, 15) is 0 Å². The Hall–Kier alpha value is -1.26. The van der Waals surface area contributed by atoms with Crippen LogP contribution in [0, 0.1) is 5.41 Å². The molecule has 2 unspecified atom stereocenters. The molecule has 0 aromatic heterocycles. The molecule has 4 nitrogen and oxygen atoms in total. The van der Waals surface area contributed by atoms with Crippen LogP contribution >= 0.6 is 0 Å². The minimum Gasteiger partial charge on any atom is -0.497 e. The first-order chi connectivity index (χ1) is 10.2. The third-order valence-electron chi connectivity index (χ3n) is 4.49. The maximum Gasteiger partial charge on any atom is 0.119 e. The smallest absolute Gasteiger partial charge is 0.119 e. The van der Waals surface area contributed by atoms with Crippen molar-refractivity contribution in [1.29, 1.82) is 0 Å². The fraction of sp³-hybridized carbons (Fsp3) is 0.647. The Morgan fingerprint density at radius 2 is 2.00 bits per heavy atom. The van der Waals surface area contributed by atoms with Gasteiger partial charge in [0.2, 0.25) is 0 Å². The van der Waals surface area contributed by atoms with Crippen LogP contribution in [0.3, 0.4) is 0 Å². The molecule has 2 rings (SSSR count). The number of methoxy groups -OCH3 is 1. The third-order valence-corrected chi connectivity index (χ3v) is 4.49. The van der Waals surface area contributed by atoms with Gasteiger partial charge in [-0.25, -0.2) is 0 Å². The number of hydrogen-bond acceptors (Lipinski definition) is 4. The van der Waals surface area contributed by atoms with Gasteiger partial charge >= 0.3 is 0 Å². The molecule has 4 heteroatoms. The zero-order valence-electron chi connectivity index (χ0n) is 13.4. The summed E-state index contributed by atoms with van der Waals surface area (Å²) in [7, 11) is 1.67. The lowest BCUT2D eigenvalue weighted by molar-refractivity contribution is 0.0507. The van der Waals surface area contributed by atoms with Crippen molar-refractivity contribution in [3.63, 3.8) is 0 Å². The Bertz CT molecular complexity index is 421. The SMILES string of the molecule is CCNCC1(CCOc2ccc(OC)cc2)CCOC1C. The van der Waals surface area contributed by atoms with Crippen LogP contribution < -0.4 is 14.8 Å². The summed E-state index contributed by atoms with van der Waals surface area (Å²) >= 11 is 0. The van der Waals surface area contributed by atoms with Crippen molar-refractivity contribution in [1.82, 2.24) is 5.32 Å². The molecule has 0 spiro atoms. The molecule has 0 amide bonds. The molecular formula is C17H27NO3. The molecule has 1 N–H and O–H groups in total. The van der Waals surface area contributed by atoms with Crippen molar-refractivity contribution >= 4 is 0 Å². The Morgan fingerprint density at radius 3 is 2.57 bits per heavy atom. The molecule has 2 atom stereocenters. The standard InChI is InChI=1S/C17H27NO3/c1-4-18-13-17(9-11-20-14(17)2)10-12-21-16-7-5-15(19-3)6-8-16/h5-8,14,18H,4,9-13H2,1-3H3. The predicted octanol–water partition coefficient (Wildman–Crippen LogP) is 2.87. The first-order valence-electron chi connectivity index (χ1n) is 7.79. The summed E-state index contributed by atoms with van der Waals surface area (Å²) in [6.45, 7) is 7.88. The molecule has 0 radical (unpaired) electrons. The number of rotatable bonds is 8. The van der Waals surface area contributed by atoms with Crippen LogP contribution in [0.25, 0.3) is 0 Å². The van der Waals surface area contributed by atoms with Crippen molar-refractivity contribution in [2.75, 3.05) is 33.4 Å². The Morgan fingerprint density at radius 1 is 1.29 bits per heavy atom. The van der Waals surface area contributed by atoms with Crippen molar-refractivity contribution < 1.29 is 14.2 Å². The van der Waals surface area contributed by atoms with E-state index in [1.54, 1.807) is 7.11 Å². The highest BCUT2D eigenvalue weighted by atomic mass is 16.5. The molecule has 1 aliphatic heterocycles. The van der Waals surface area contributed by atoms with Crippen molar-refractivity contribution in [3.05, 3.63) is 24.3 Å². The maximum atomic E-state index is 5.88. The van der Waals surface area contributed by atoms with Gasteiger partial charge in [0.05, 0.1) is 19.8 Å². The van der Waals surface area contributed by atoms with E-state index in [0.29, 0.717) is 6.61 Å². The van der Waals surface area contributed by atoms with Gasteiger partial charge in [0.15, 0.2) is 0 Å². The van der Waals surface area contributed by atoms with Crippen LogP contribution in [-0.4, -0.2) is 39.5 Å². The first kappa shape index (κ1) is 16.1. The van der Waals surface area contributed by atoms with Gasteiger partial charge < -0.3 is 19.5 Å². The quantitative estimate of drug-likeness (QED) is 0.800. The van der Waals surface area contributed by atoms with Gasteiger partial charge in [-0.15, -0.1) is 0 Å². The molecule has 118 valence electrons. The summed E-state index contributed by atoms with van der Waals surface area (Å²) in [6.07, 6.45) is 2.40. The van der Waals surface area contributed by atoms with Crippen LogP contribution in [0.4, 0.5) is 0 Å². The third kappa shape index (κ3) is 4.11. The summed E-state index contributed by atoms with van der Waals surface area (Å²) in [5.74, 6) is 1.74. The second kappa shape index (κ2) is 7.66. The van der Waals surface area contributed by atoms with E-state index >= 15 is 0 Å². The van der Waals surface area contributed by atoms with Gasteiger partial charge in [0.1, 0.15) is 11.5 Å². The van der Waals surface area contributed by atoms with Gasteiger partial charge in [-0.1, -0.05) is 6.92 Å². The number of ether oxygens (including phenoxy) is 3. The molecule has 1 aromatic carbocycles. The van der Waals surface area contributed by atoms with Crippen LogP contribution in [0.5, 0.6) is 11.5 Å². The van der Waals surface area contributed by atoms with E-state index in [2.05, 4.69) is 19.2 Å². The van der Waals surface area contributed by atoms with E-state index < -0.39 is 0 Å². The molecule has 1 aromatic rings. The lowest BCUT2D eigenvalue weighted by Crippen LogP contribution is -2.40. The van der Waals surface area contributed by atoms with Crippen LogP contribution in [0.1, 0.15) is 26.7 Å². The molecule has 1 aliphatic rings. The van der Waals surface area contributed by atoms with Gasteiger partial charge in [-0.05, 0) is 50.6 Å². The minimum absolute atomic E-state index is 0.197. The average Bonchev–Trinajstić information content (AvgIpc) is 2.87. The van der Waals surface area contributed by atoms with Gasteiger partial charge in [-0.3, -0.25) is 0 Å². The highest BCUT2D eigenvalue weighted by Crippen LogP contribution is 2.37. The van der Waals surface area contributed by atoms with Crippen LogP contribution in [0.15, 0.2) is 24.3 Å². The molecule has 0 aliphatic carbocycles. The Kier molecular flexibility index (Phi) is 5.88. The second-order valence-corrected chi connectivity index (χ2v) is 5.68. The zero-order chi connectivity index (χ0) is 15.1. The molecule has 1 saturated heterocycles. The highest BCUT2D eigenvalue weighted by molar-refractivity contribution is 5.31. The van der Waals surface area contributed by atoms with Crippen molar-refractivity contribution in [2.24, 2.45) is 5.41 Å². The number of nitrogens with one attached hydrogen (secondary N) is 1. The molecule has 0 saturated carbocycles. The van der Waals surface area contributed by atoms with E-state index in [1.165, 1.54) is 0 Å². The Labute approximate surface area is 127 Å². The average molecular weight is 293 g/mol. The normalized spacial score (nSPS) is 25.0. The van der Waals surface area contributed by atoms with Gasteiger partial charge in [0.25, 0.3) is 0 Å². The fourth-order valence-electron chi connectivity index (χ4n) is 2.89. The lowest BCUT2D eigenvalue weighted by Gasteiger charge is -2.32. The summed E-state index contributed by atoms with van der Waals surface area (Å²) in [6, 6.07) is 7.74. The second-order valence-electron chi connectivity index (χ2n) is 5.68. The summed E-state index contributed by atoms with van der Waals surface area (Å²) in [5, 5.41) is 3.47. The van der Waals surface area contributed by atoms with E-state index in [-0.39, 0.29) is 11.5 Å². The first-order valence-corrected chi connectivity index (χ1v) is 7.79. The molecular weight excluding hydrogens is 266 g/mol. The fourth-order valence-corrected chi connectivity index (χ4v) is 2.89. The zero-order valence-corrected chi connectivity index (χ0v) is 13.4. The largest absolute Gasteiger partial charge is 0.497 e. The van der Waals surface area contributed by atoms with Crippen molar-refractivity contribution in [3.8, 4) is 11.5 Å². The van der Waals surface area contributed by atoms with E-state index in [1.807, 2.05) is 24.3 Å². The number of benzene rings is 1. The van der Waals surface area contributed by atoms with E-state index in [0.717, 1.165) is 44.0 Å². The molecule has 1 fully saturated rings. The van der Waals surface area contributed by atoms with Crippen LogP contribution in [-0.2, 0) is 4.74 Å². The number of hydrogen-bond donors (Lipinski definition) is 1. The summed E-state index contributed by atoms with van der Waals surface area (Å²) in [4.78, 5) is 0.